The van der Waals surface area contributed by atoms with E-state index >= 15 is 0 Å². The molecule has 0 unspecified atom stereocenters. The summed E-state index contributed by atoms with van der Waals surface area (Å²) >= 11 is 0. The first-order valence-electron chi connectivity index (χ1n) is 8.65. The Bertz CT molecular complexity index is 900. The molecule has 3 aromatic rings. The molecule has 0 bridgehead atoms. The highest BCUT2D eigenvalue weighted by atomic mass is 31.2. The number of rotatable bonds is 7. The number of anilines is 1. The molecule has 1 heterocycles. The Hall–Kier alpha value is -2.46. The Morgan fingerprint density at radius 2 is 1.74 bits per heavy atom. The van der Waals surface area contributed by atoms with E-state index in [-0.39, 0.29) is 6.61 Å². The van der Waals surface area contributed by atoms with Gasteiger partial charge in [0, 0.05) is 43.0 Å². The van der Waals surface area contributed by atoms with Crippen LogP contribution < -0.4 is 10.2 Å². The van der Waals surface area contributed by atoms with E-state index in [2.05, 4.69) is 4.98 Å². The molecule has 0 saturated heterocycles. The molecule has 5 nitrogen and oxygen atoms in total. The zero-order valence-electron chi connectivity index (χ0n) is 15.4. The van der Waals surface area contributed by atoms with E-state index in [0.29, 0.717) is 10.9 Å². The van der Waals surface area contributed by atoms with Gasteiger partial charge in [-0.05, 0) is 35.9 Å². The summed E-state index contributed by atoms with van der Waals surface area (Å²) in [5, 5.41) is 11.4. The van der Waals surface area contributed by atoms with Crippen LogP contribution in [0.5, 0.6) is 0 Å². The molecule has 0 radical (unpaired) electrons. The van der Waals surface area contributed by atoms with Crippen molar-refractivity contribution in [1.82, 2.24) is 4.98 Å². The van der Waals surface area contributed by atoms with E-state index in [1.165, 1.54) is 6.20 Å². The van der Waals surface area contributed by atoms with Gasteiger partial charge in [-0.2, -0.15) is 0 Å². The average molecular weight is 382 g/mol. The fourth-order valence-corrected chi connectivity index (χ4v) is 4.74. The van der Waals surface area contributed by atoms with Gasteiger partial charge in [-0.1, -0.05) is 36.4 Å². The van der Waals surface area contributed by atoms with Gasteiger partial charge in [0.25, 0.3) is 7.37 Å². The summed E-state index contributed by atoms with van der Waals surface area (Å²) < 4.78 is 19.7. The predicted molar refractivity (Wildman–Crippen MR) is 108 cm³/mol. The summed E-state index contributed by atoms with van der Waals surface area (Å²) in [6, 6.07) is 20.1. The van der Waals surface area contributed by atoms with Crippen LogP contribution in [0.4, 0.5) is 5.69 Å². The van der Waals surface area contributed by atoms with Crippen molar-refractivity contribution >= 4 is 18.4 Å². The third-order valence-electron chi connectivity index (χ3n) is 4.30. The van der Waals surface area contributed by atoms with E-state index < -0.39 is 13.2 Å². The lowest BCUT2D eigenvalue weighted by molar-refractivity contribution is 0.210. The lowest BCUT2D eigenvalue weighted by atomic mass is 10.2. The number of aliphatic hydroxyl groups excluding tert-OH is 1. The van der Waals surface area contributed by atoms with E-state index in [1.54, 1.807) is 30.5 Å². The van der Waals surface area contributed by atoms with Crippen molar-refractivity contribution in [3.05, 3.63) is 90.3 Å². The first-order chi connectivity index (χ1) is 13.0. The van der Waals surface area contributed by atoms with E-state index in [9.17, 15) is 9.67 Å². The van der Waals surface area contributed by atoms with Gasteiger partial charge in [0.05, 0.1) is 6.61 Å². The fraction of sp³-hybridized carbons (Fsp3) is 0.190. The monoisotopic (exact) mass is 382 g/mol. The van der Waals surface area contributed by atoms with Crippen LogP contribution >= 0.6 is 7.37 Å². The molecule has 2 aromatic carbocycles. The maximum atomic E-state index is 13.9. The van der Waals surface area contributed by atoms with Crippen LogP contribution in [0.1, 0.15) is 17.0 Å². The molecule has 0 aliphatic carbocycles. The second-order valence-corrected chi connectivity index (χ2v) is 8.88. The molecule has 6 heteroatoms. The molecular formula is C21H23N2O3P. The molecule has 3 rings (SSSR count). The number of hydrogen-bond acceptors (Lipinski definition) is 5. The van der Waals surface area contributed by atoms with Crippen LogP contribution in [0.15, 0.2) is 79.1 Å². The summed E-state index contributed by atoms with van der Waals surface area (Å²) in [5.41, 5.74) is 2.33. The maximum Gasteiger partial charge on any atom is 0.264 e. The molecule has 0 saturated carbocycles. The van der Waals surface area contributed by atoms with Crippen LogP contribution in [0.2, 0.25) is 0 Å². The number of aliphatic hydroxyl groups is 1. The minimum atomic E-state index is -3.60. The largest absolute Gasteiger partial charge is 0.378 e. The standard InChI is InChI=1S/C21H23N2O3P/c1-23(2)19-10-12-20(13-11-19)27(25,21(24)18-9-6-14-22-15-18)26-16-17-7-4-3-5-8-17/h3-15,21,24H,16H2,1-2H3/t21-,27-/m0/s1. The van der Waals surface area contributed by atoms with E-state index in [0.717, 1.165) is 11.3 Å². The van der Waals surface area contributed by atoms with Crippen molar-refractivity contribution < 1.29 is 14.2 Å². The maximum absolute atomic E-state index is 13.9. The van der Waals surface area contributed by atoms with Crippen molar-refractivity contribution in [1.29, 1.82) is 0 Å². The summed E-state index contributed by atoms with van der Waals surface area (Å²) in [6.45, 7) is 0.144. The molecule has 0 amide bonds. The molecular weight excluding hydrogens is 359 g/mol. The average Bonchev–Trinajstić information content (AvgIpc) is 2.73. The summed E-state index contributed by atoms with van der Waals surface area (Å²) in [5.74, 6) is -1.29. The predicted octanol–water partition coefficient (Wildman–Crippen LogP) is 3.96. The highest BCUT2D eigenvalue weighted by Gasteiger charge is 2.36. The van der Waals surface area contributed by atoms with Crippen molar-refractivity contribution in [2.45, 2.75) is 12.5 Å². The van der Waals surface area contributed by atoms with E-state index in [4.69, 9.17) is 4.52 Å². The van der Waals surface area contributed by atoms with Crippen LogP contribution in [0, 0.1) is 0 Å². The minimum absolute atomic E-state index is 0.144. The van der Waals surface area contributed by atoms with Crippen LogP contribution in [0.25, 0.3) is 0 Å². The van der Waals surface area contributed by atoms with Gasteiger partial charge in [0.2, 0.25) is 0 Å². The fourth-order valence-electron chi connectivity index (χ4n) is 2.71. The molecule has 1 aromatic heterocycles. The number of aromatic nitrogens is 1. The lowest BCUT2D eigenvalue weighted by Gasteiger charge is -2.25. The Morgan fingerprint density at radius 3 is 2.33 bits per heavy atom. The summed E-state index contributed by atoms with van der Waals surface area (Å²) in [4.78, 5) is 5.98. The Morgan fingerprint density at radius 1 is 1.04 bits per heavy atom. The summed E-state index contributed by atoms with van der Waals surface area (Å²) in [7, 11) is 0.268. The topological polar surface area (TPSA) is 62.7 Å². The van der Waals surface area contributed by atoms with Gasteiger partial charge in [-0.3, -0.25) is 9.55 Å². The van der Waals surface area contributed by atoms with Gasteiger partial charge < -0.3 is 14.5 Å². The zero-order valence-corrected chi connectivity index (χ0v) is 16.3. The molecule has 1 N–H and O–H groups in total. The molecule has 2 atom stereocenters. The zero-order chi connectivity index (χ0) is 19.3. The first-order valence-corrected chi connectivity index (χ1v) is 10.3. The Kier molecular flexibility index (Phi) is 6.07. The third-order valence-corrected chi connectivity index (χ3v) is 6.77. The van der Waals surface area contributed by atoms with Gasteiger partial charge in [0.15, 0.2) is 5.85 Å². The molecule has 0 aliphatic rings. The number of nitrogens with zero attached hydrogens (tertiary/aromatic N) is 2. The molecule has 0 aliphatic heterocycles. The van der Waals surface area contributed by atoms with Crippen LogP contribution in [-0.2, 0) is 15.7 Å². The lowest BCUT2D eigenvalue weighted by Crippen LogP contribution is -2.16. The van der Waals surface area contributed by atoms with Gasteiger partial charge >= 0.3 is 0 Å². The van der Waals surface area contributed by atoms with Crippen LogP contribution in [0.3, 0.4) is 0 Å². The third kappa shape index (κ3) is 4.45. The SMILES string of the molecule is CN(C)c1ccc([P@](=O)(OCc2ccccc2)[C@H](O)c2cccnc2)cc1. The van der Waals surface area contributed by atoms with Gasteiger partial charge in [0.1, 0.15) is 0 Å². The van der Waals surface area contributed by atoms with Crippen molar-refractivity contribution in [3.8, 4) is 0 Å². The highest BCUT2D eigenvalue weighted by Crippen LogP contribution is 2.58. The molecule has 0 fully saturated rings. The van der Waals surface area contributed by atoms with Gasteiger partial charge in [-0.15, -0.1) is 0 Å². The first kappa shape index (κ1) is 19.3. The van der Waals surface area contributed by atoms with Crippen LogP contribution in [-0.4, -0.2) is 24.2 Å². The Labute approximate surface area is 159 Å². The van der Waals surface area contributed by atoms with Crippen molar-refractivity contribution in [2.24, 2.45) is 0 Å². The molecule has 27 heavy (non-hydrogen) atoms. The minimum Gasteiger partial charge on any atom is -0.378 e. The van der Waals surface area contributed by atoms with E-state index in [1.807, 2.05) is 61.5 Å². The van der Waals surface area contributed by atoms with Gasteiger partial charge in [-0.25, -0.2) is 0 Å². The number of hydrogen-bond donors (Lipinski definition) is 1. The molecule has 0 spiro atoms. The number of benzene rings is 2. The second-order valence-electron chi connectivity index (χ2n) is 6.43. The molecule has 140 valence electrons. The highest BCUT2D eigenvalue weighted by molar-refractivity contribution is 7.67. The normalized spacial score (nSPS) is 14.3. The van der Waals surface area contributed by atoms with Crippen molar-refractivity contribution in [2.75, 3.05) is 19.0 Å². The Balaban J connectivity index is 1.96. The second kappa shape index (κ2) is 8.49. The smallest absolute Gasteiger partial charge is 0.264 e. The summed E-state index contributed by atoms with van der Waals surface area (Å²) in [6.07, 6.45) is 3.12. The quantitative estimate of drug-likeness (QED) is 0.627. The van der Waals surface area contributed by atoms with Crippen molar-refractivity contribution in [3.63, 3.8) is 0 Å². The number of pyridine rings is 1.